The second kappa shape index (κ2) is 6.00. The first-order chi connectivity index (χ1) is 12.2. The molecule has 4 aliphatic carbocycles. The number of aliphatic hydroxyl groups is 4. The van der Waals surface area contributed by atoms with E-state index in [0.717, 1.165) is 38.5 Å². The number of fused-ring (bicyclic) bond motifs is 5. The van der Waals surface area contributed by atoms with Crippen LogP contribution in [0.15, 0.2) is 0 Å². The van der Waals surface area contributed by atoms with Crippen LogP contribution >= 0.6 is 0 Å². The van der Waals surface area contributed by atoms with Gasteiger partial charge in [-0.1, -0.05) is 13.8 Å². The SMILES string of the molecule is C[C@]12CC[C@@H](O)C[C@@H]1CC[C@@H]1[C@H]2C(=O)C[C@@]2(C)[C@@H]1CC[C@]2(O)[C@@H](O)CO. The fourth-order valence-electron chi connectivity index (χ4n) is 7.79. The Morgan fingerprint density at radius 3 is 2.58 bits per heavy atom. The number of carbonyl (C=O) groups excluding carboxylic acids is 1. The Morgan fingerprint density at radius 1 is 1.15 bits per heavy atom. The highest BCUT2D eigenvalue weighted by molar-refractivity contribution is 5.84. The van der Waals surface area contributed by atoms with Gasteiger partial charge in [0.25, 0.3) is 0 Å². The van der Waals surface area contributed by atoms with Crippen molar-refractivity contribution in [2.75, 3.05) is 6.61 Å². The maximum atomic E-state index is 13.4. The number of rotatable bonds is 2. The van der Waals surface area contributed by atoms with Crippen molar-refractivity contribution in [3.8, 4) is 0 Å². The third-order valence-electron chi connectivity index (χ3n) is 9.27. The van der Waals surface area contributed by atoms with Crippen LogP contribution in [0.25, 0.3) is 0 Å². The number of hydrogen-bond acceptors (Lipinski definition) is 5. The van der Waals surface area contributed by atoms with Crippen molar-refractivity contribution in [3.05, 3.63) is 0 Å². The summed E-state index contributed by atoms with van der Waals surface area (Å²) in [5, 5.41) is 41.2. The topological polar surface area (TPSA) is 98.0 Å². The van der Waals surface area contributed by atoms with Crippen LogP contribution < -0.4 is 0 Å². The zero-order valence-corrected chi connectivity index (χ0v) is 16.0. The molecule has 4 aliphatic rings. The molecule has 148 valence electrons. The fourth-order valence-corrected chi connectivity index (χ4v) is 7.79. The lowest BCUT2D eigenvalue weighted by molar-refractivity contribution is -0.196. The largest absolute Gasteiger partial charge is 0.394 e. The molecule has 0 bridgehead atoms. The first kappa shape index (κ1) is 18.9. The van der Waals surface area contributed by atoms with E-state index in [1.165, 1.54) is 0 Å². The summed E-state index contributed by atoms with van der Waals surface area (Å²) in [6, 6.07) is 0. The minimum atomic E-state index is -1.38. The van der Waals surface area contributed by atoms with Gasteiger partial charge in [0.05, 0.1) is 18.3 Å². The molecule has 0 aliphatic heterocycles. The molecular formula is C21H34O5. The van der Waals surface area contributed by atoms with Gasteiger partial charge in [-0.3, -0.25) is 4.79 Å². The van der Waals surface area contributed by atoms with Crippen LogP contribution in [0.3, 0.4) is 0 Å². The molecule has 5 nitrogen and oxygen atoms in total. The summed E-state index contributed by atoms with van der Waals surface area (Å²) in [4.78, 5) is 13.4. The van der Waals surface area contributed by atoms with Gasteiger partial charge in [0.15, 0.2) is 0 Å². The molecule has 0 amide bonds. The van der Waals surface area contributed by atoms with Crippen LogP contribution in [-0.4, -0.2) is 50.6 Å². The lowest BCUT2D eigenvalue weighted by atomic mass is 9.44. The second-order valence-electron chi connectivity index (χ2n) is 10.2. The number of Topliss-reactive ketones (excluding diaryl/α,β-unsaturated/α-hetero) is 1. The van der Waals surface area contributed by atoms with Gasteiger partial charge in [-0.25, -0.2) is 0 Å². The van der Waals surface area contributed by atoms with Gasteiger partial charge >= 0.3 is 0 Å². The van der Waals surface area contributed by atoms with Crippen LogP contribution in [0.5, 0.6) is 0 Å². The molecule has 0 spiro atoms. The van der Waals surface area contributed by atoms with Gasteiger partial charge in [0, 0.05) is 17.8 Å². The van der Waals surface area contributed by atoms with Crippen molar-refractivity contribution in [2.45, 2.75) is 83.0 Å². The quantitative estimate of drug-likeness (QED) is 0.596. The number of hydrogen-bond donors (Lipinski definition) is 4. The van der Waals surface area contributed by atoms with Crippen LogP contribution in [0, 0.1) is 34.5 Å². The van der Waals surface area contributed by atoms with E-state index in [-0.39, 0.29) is 41.5 Å². The van der Waals surface area contributed by atoms with Gasteiger partial charge in [-0.05, 0) is 68.1 Å². The lowest BCUT2D eigenvalue weighted by Gasteiger charge is -2.60. The Balaban J connectivity index is 1.69. The Hall–Kier alpha value is -0.490. The van der Waals surface area contributed by atoms with Crippen molar-refractivity contribution in [1.29, 1.82) is 0 Å². The van der Waals surface area contributed by atoms with Crippen molar-refractivity contribution < 1.29 is 25.2 Å². The Labute approximate surface area is 155 Å². The maximum absolute atomic E-state index is 13.4. The first-order valence-electron chi connectivity index (χ1n) is 10.4. The van der Waals surface area contributed by atoms with E-state index in [0.29, 0.717) is 12.3 Å². The zero-order chi connectivity index (χ0) is 18.9. The molecule has 4 fully saturated rings. The van der Waals surface area contributed by atoms with Crippen LogP contribution in [0.1, 0.15) is 65.2 Å². The fraction of sp³-hybridized carbons (Fsp3) is 0.952. The van der Waals surface area contributed by atoms with E-state index in [4.69, 9.17) is 0 Å². The van der Waals surface area contributed by atoms with Gasteiger partial charge in [0.2, 0.25) is 0 Å². The van der Waals surface area contributed by atoms with E-state index in [9.17, 15) is 25.2 Å². The van der Waals surface area contributed by atoms with Crippen molar-refractivity contribution in [1.82, 2.24) is 0 Å². The van der Waals surface area contributed by atoms with E-state index < -0.39 is 23.7 Å². The summed E-state index contributed by atoms with van der Waals surface area (Å²) in [6.07, 6.45) is 4.61. The molecule has 5 heteroatoms. The molecule has 9 atom stereocenters. The molecule has 0 saturated heterocycles. The smallest absolute Gasteiger partial charge is 0.137 e. The average Bonchev–Trinajstić information content (AvgIpc) is 2.86. The Bertz CT molecular complexity index is 593. The number of ketones is 1. The van der Waals surface area contributed by atoms with E-state index in [2.05, 4.69) is 6.92 Å². The summed E-state index contributed by atoms with van der Waals surface area (Å²) in [5.74, 6) is 1.10. The molecule has 0 radical (unpaired) electrons. The lowest BCUT2D eigenvalue weighted by Crippen LogP contribution is -2.63. The van der Waals surface area contributed by atoms with Gasteiger partial charge in [-0.2, -0.15) is 0 Å². The minimum absolute atomic E-state index is 0.0143. The molecule has 4 rings (SSSR count). The molecule has 4 N–H and O–H groups in total. The monoisotopic (exact) mass is 366 g/mol. The highest BCUT2D eigenvalue weighted by Gasteiger charge is 2.68. The van der Waals surface area contributed by atoms with Gasteiger partial charge in [-0.15, -0.1) is 0 Å². The van der Waals surface area contributed by atoms with Crippen LogP contribution in [-0.2, 0) is 4.79 Å². The molecule has 0 aromatic heterocycles. The summed E-state index contributed by atoms with van der Waals surface area (Å²) in [7, 11) is 0. The highest BCUT2D eigenvalue weighted by atomic mass is 16.4. The molecule has 0 heterocycles. The van der Waals surface area contributed by atoms with Crippen molar-refractivity contribution >= 4 is 5.78 Å². The zero-order valence-electron chi connectivity index (χ0n) is 16.0. The Kier molecular flexibility index (Phi) is 4.35. The summed E-state index contributed by atoms with van der Waals surface area (Å²) in [5.41, 5.74) is -2.09. The summed E-state index contributed by atoms with van der Waals surface area (Å²) in [6.45, 7) is 3.74. The standard InChI is InChI=1S/C21H34O5/c1-19-7-5-13(23)9-12(19)3-4-14-15-6-8-21(26,17(25)11-22)20(15,2)10-16(24)18(14)19/h12-15,17-18,22-23,25-26H,3-11H2,1-2H3/t12-,13+,14-,15+,17-,18-,19-,20-,21-/m0/s1. The highest BCUT2D eigenvalue weighted by Crippen LogP contribution is 2.67. The average molecular weight is 366 g/mol. The third kappa shape index (κ3) is 2.27. The second-order valence-corrected chi connectivity index (χ2v) is 10.2. The van der Waals surface area contributed by atoms with Gasteiger partial charge in [0.1, 0.15) is 11.9 Å². The molecule has 4 saturated carbocycles. The third-order valence-corrected chi connectivity index (χ3v) is 9.27. The van der Waals surface area contributed by atoms with Crippen LogP contribution in [0.4, 0.5) is 0 Å². The van der Waals surface area contributed by atoms with E-state index in [1.54, 1.807) is 0 Å². The number of aliphatic hydroxyl groups excluding tert-OH is 3. The molecular weight excluding hydrogens is 332 g/mol. The van der Waals surface area contributed by atoms with E-state index in [1.807, 2.05) is 6.92 Å². The molecule has 0 unspecified atom stereocenters. The predicted octanol–water partition coefficient (Wildman–Crippen LogP) is 1.65. The maximum Gasteiger partial charge on any atom is 0.137 e. The Morgan fingerprint density at radius 2 is 1.88 bits per heavy atom. The normalized spacial score (nSPS) is 55.0. The molecule has 26 heavy (non-hydrogen) atoms. The predicted molar refractivity (Wildman–Crippen MR) is 96.2 cm³/mol. The van der Waals surface area contributed by atoms with Crippen LogP contribution in [0.2, 0.25) is 0 Å². The van der Waals surface area contributed by atoms with Crippen molar-refractivity contribution in [2.24, 2.45) is 34.5 Å². The molecule has 0 aromatic rings. The molecule has 0 aromatic carbocycles. The van der Waals surface area contributed by atoms with Gasteiger partial charge < -0.3 is 20.4 Å². The summed E-state index contributed by atoms with van der Waals surface area (Å²) < 4.78 is 0. The van der Waals surface area contributed by atoms with E-state index >= 15 is 0 Å². The first-order valence-corrected chi connectivity index (χ1v) is 10.4. The summed E-state index contributed by atoms with van der Waals surface area (Å²) >= 11 is 0. The minimum Gasteiger partial charge on any atom is -0.394 e. The number of carbonyl (C=O) groups is 1. The van der Waals surface area contributed by atoms with Crippen molar-refractivity contribution in [3.63, 3.8) is 0 Å².